The molecule has 0 radical (unpaired) electrons. The van der Waals surface area contributed by atoms with Crippen LogP contribution in [0.4, 0.5) is 0 Å². The van der Waals surface area contributed by atoms with Crippen LogP contribution in [-0.2, 0) is 4.79 Å². The lowest BCUT2D eigenvalue weighted by molar-refractivity contribution is -0.140. The lowest BCUT2D eigenvalue weighted by Crippen LogP contribution is -2.34. The second-order valence-electron chi connectivity index (χ2n) is 4.03. The zero-order chi connectivity index (χ0) is 10.6. The number of hydrogen-bond donors (Lipinski definition) is 2. The minimum absolute atomic E-state index is 0.248. The van der Waals surface area contributed by atoms with Crippen LogP contribution in [0.3, 0.4) is 0 Å². The third-order valence-corrected chi connectivity index (χ3v) is 2.62. The Balaban J connectivity index is 2.30. The van der Waals surface area contributed by atoms with E-state index >= 15 is 0 Å². The number of hydrogen-bond acceptors (Lipinski definition) is 2. The van der Waals surface area contributed by atoms with Crippen molar-refractivity contribution in [3.05, 3.63) is 12.2 Å². The molecule has 80 valence electrons. The molecule has 0 amide bonds. The number of carbonyl (C=O) groups is 1. The fraction of sp³-hybridized carbons (Fsp3) is 0.727. The standard InChI is InChI=1S/C11H19NO2/c1-3-4-8(2)12-10-6-5-9(7-10)11(13)14/h5-6,8-10,12H,3-4,7H2,1-2H3,(H,13,14). The Morgan fingerprint density at radius 3 is 2.86 bits per heavy atom. The minimum atomic E-state index is -0.714. The van der Waals surface area contributed by atoms with E-state index < -0.39 is 5.97 Å². The van der Waals surface area contributed by atoms with Gasteiger partial charge in [0, 0.05) is 12.1 Å². The molecule has 0 aromatic rings. The summed E-state index contributed by atoms with van der Waals surface area (Å²) in [5, 5.41) is 12.2. The molecule has 1 aliphatic carbocycles. The first kappa shape index (κ1) is 11.2. The third-order valence-electron chi connectivity index (χ3n) is 2.62. The molecule has 3 nitrogen and oxygen atoms in total. The van der Waals surface area contributed by atoms with E-state index in [1.54, 1.807) is 6.08 Å². The largest absolute Gasteiger partial charge is 0.481 e. The van der Waals surface area contributed by atoms with Gasteiger partial charge in [0.05, 0.1) is 5.92 Å². The van der Waals surface area contributed by atoms with E-state index in [-0.39, 0.29) is 12.0 Å². The van der Waals surface area contributed by atoms with Crippen molar-refractivity contribution in [2.45, 2.75) is 45.2 Å². The van der Waals surface area contributed by atoms with Gasteiger partial charge in [-0.05, 0) is 19.8 Å². The van der Waals surface area contributed by atoms with Crippen LogP contribution in [0.15, 0.2) is 12.2 Å². The maximum atomic E-state index is 10.7. The summed E-state index contributed by atoms with van der Waals surface area (Å²) < 4.78 is 0. The predicted octanol–water partition coefficient (Wildman–Crippen LogP) is 1.79. The average molecular weight is 197 g/mol. The zero-order valence-electron chi connectivity index (χ0n) is 8.86. The summed E-state index contributed by atoms with van der Waals surface area (Å²) in [5.41, 5.74) is 0. The van der Waals surface area contributed by atoms with Crippen LogP contribution in [0.25, 0.3) is 0 Å². The van der Waals surface area contributed by atoms with Crippen molar-refractivity contribution < 1.29 is 9.90 Å². The van der Waals surface area contributed by atoms with Crippen molar-refractivity contribution in [2.24, 2.45) is 5.92 Å². The van der Waals surface area contributed by atoms with Gasteiger partial charge in [-0.15, -0.1) is 0 Å². The molecule has 0 bridgehead atoms. The number of aliphatic carboxylic acids is 1. The molecule has 0 aromatic heterocycles. The summed E-state index contributed by atoms with van der Waals surface area (Å²) in [6.45, 7) is 4.30. The van der Waals surface area contributed by atoms with Gasteiger partial charge in [-0.2, -0.15) is 0 Å². The number of carboxylic acids is 1. The van der Waals surface area contributed by atoms with Crippen LogP contribution in [0.1, 0.15) is 33.1 Å². The van der Waals surface area contributed by atoms with Crippen molar-refractivity contribution >= 4 is 5.97 Å². The molecule has 1 aliphatic rings. The first-order valence-corrected chi connectivity index (χ1v) is 5.30. The van der Waals surface area contributed by atoms with Crippen molar-refractivity contribution in [3.8, 4) is 0 Å². The van der Waals surface area contributed by atoms with Gasteiger partial charge in [-0.1, -0.05) is 25.5 Å². The summed E-state index contributed by atoms with van der Waals surface area (Å²) in [6, 6.07) is 0.722. The van der Waals surface area contributed by atoms with E-state index in [1.807, 2.05) is 6.08 Å². The lowest BCUT2D eigenvalue weighted by atomic mass is 10.1. The van der Waals surface area contributed by atoms with E-state index in [0.717, 1.165) is 12.8 Å². The van der Waals surface area contributed by atoms with Crippen LogP contribution >= 0.6 is 0 Å². The maximum Gasteiger partial charge on any atom is 0.310 e. The molecule has 0 spiro atoms. The van der Waals surface area contributed by atoms with E-state index in [4.69, 9.17) is 5.11 Å². The number of carboxylic acid groups (broad SMARTS) is 1. The van der Waals surface area contributed by atoms with Gasteiger partial charge < -0.3 is 10.4 Å². The molecule has 14 heavy (non-hydrogen) atoms. The molecule has 1 rings (SSSR count). The Hall–Kier alpha value is -0.830. The topological polar surface area (TPSA) is 49.3 Å². The average Bonchev–Trinajstić information content (AvgIpc) is 2.53. The molecule has 3 heteroatoms. The highest BCUT2D eigenvalue weighted by Gasteiger charge is 2.24. The molecule has 3 unspecified atom stereocenters. The summed E-state index contributed by atoms with van der Waals surface area (Å²) in [5.74, 6) is -1.00. The molecule has 0 saturated heterocycles. The smallest absolute Gasteiger partial charge is 0.310 e. The molecule has 0 aromatic carbocycles. The van der Waals surface area contributed by atoms with Crippen LogP contribution in [0.5, 0.6) is 0 Å². The first-order chi connectivity index (χ1) is 6.63. The summed E-state index contributed by atoms with van der Waals surface area (Å²) in [4.78, 5) is 10.7. The normalized spacial score (nSPS) is 27.9. The maximum absolute atomic E-state index is 10.7. The molecule has 0 aliphatic heterocycles. The summed E-state index contributed by atoms with van der Waals surface area (Å²) in [6.07, 6.45) is 6.77. The lowest BCUT2D eigenvalue weighted by Gasteiger charge is -2.18. The van der Waals surface area contributed by atoms with Gasteiger partial charge in [-0.25, -0.2) is 0 Å². The molecule has 0 saturated carbocycles. The Morgan fingerprint density at radius 2 is 2.36 bits per heavy atom. The van der Waals surface area contributed by atoms with Gasteiger partial charge in [0.15, 0.2) is 0 Å². The second kappa shape index (κ2) is 5.15. The molecule has 0 fully saturated rings. The van der Waals surface area contributed by atoms with E-state index in [0.29, 0.717) is 12.5 Å². The van der Waals surface area contributed by atoms with Crippen molar-refractivity contribution in [2.75, 3.05) is 0 Å². The highest BCUT2D eigenvalue weighted by molar-refractivity contribution is 5.73. The second-order valence-corrected chi connectivity index (χ2v) is 4.03. The van der Waals surface area contributed by atoms with E-state index in [2.05, 4.69) is 19.2 Å². The van der Waals surface area contributed by atoms with Crippen molar-refractivity contribution in [3.63, 3.8) is 0 Å². The van der Waals surface area contributed by atoms with Gasteiger partial charge in [0.25, 0.3) is 0 Å². The first-order valence-electron chi connectivity index (χ1n) is 5.30. The van der Waals surface area contributed by atoms with E-state index in [1.165, 1.54) is 0 Å². The molecule has 2 N–H and O–H groups in total. The highest BCUT2D eigenvalue weighted by atomic mass is 16.4. The Bertz CT molecular complexity index is 225. The number of nitrogens with one attached hydrogen (secondary N) is 1. The fourth-order valence-corrected chi connectivity index (χ4v) is 1.89. The van der Waals surface area contributed by atoms with Gasteiger partial charge in [0.2, 0.25) is 0 Å². The summed E-state index contributed by atoms with van der Waals surface area (Å²) >= 11 is 0. The highest BCUT2D eigenvalue weighted by Crippen LogP contribution is 2.18. The van der Waals surface area contributed by atoms with Crippen molar-refractivity contribution in [1.29, 1.82) is 0 Å². The third kappa shape index (κ3) is 3.14. The molecular weight excluding hydrogens is 178 g/mol. The molecular formula is C11H19NO2. The van der Waals surface area contributed by atoms with Crippen molar-refractivity contribution in [1.82, 2.24) is 5.32 Å². The quantitative estimate of drug-likeness (QED) is 0.661. The van der Waals surface area contributed by atoms with Gasteiger partial charge >= 0.3 is 5.97 Å². The monoisotopic (exact) mass is 197 g/mol. The van der Waals surface area contributed by atoms with Gasteiger partial charge in [-0.3, -0.25) is 4.79 Å². The fourth-order valence-electron chi connectivity index (χ4n) is 1.89. The Labute approximate surface area is 85.2 Å². The Kier molecular flexibility index (Phi) is 4.14. The van der Waals surface area contributed by atoms with Crippen LogP contribution < -0.4 is 5.32 Å². The Morgan fingerprint density at radius 1 is 1.64 bits per heavy atom. The number of rotatable bonds is 5. The van der Waals surface area contributed by atoms with Crippen LogP contribution in [-0.4, -0.2) is 23.2 Å². The zero-order valence-corrected chi connectivity index (χ0v) is 8.86. The molecule has 0 heterocycles. The van der Waals surface area contributed by atoms with Crippen LogP contribution in [0.2, 0.25) is 0 Å². The minimum Gasteiger partial charge on any atom is -0.481 e. The van der Waals surface area contributed by atoms with E-state index in [9.17, 15) is 4.79 Å². The predicted molar refractivity (Wildman–Crippen MR) is 56.2 cm³/mol. The SMILES string of the molecule is CCCC(C)NC1C=CC(C(=O)O)C1. The summed E-state index contributed by atoms with van der Waals surface area (Å²) in [7, 11) is 0. The van der Waals surface area contributed by atoms with Gasteiger partial charge in [0.1, 0.15) is 0 Å². The van der Waals surface area contributed by atoms with Crippen LogP contribution in [0, 0.1) is 5.92 Å². The molecule has 3 atom stereocenters.